The molecular weight excluding hydrogens is 341 g/mol. The quantitative estimate of drug-likeness (QED) is 0.769. The van der Waals surface area contributed by atoms with Crippen LogP contribution < -0.4 is 4.90 Å². The van der Waals surface area contributed by atoms with Crippen molar-refractivity contribution < 1.29 is 17.6 Å². The molecular formula is C20H25F3N2O. The Morgan fingerprint density at radius 2 is 1.65 bits per heavy atom. The van der Waals surface area contributed by atoms with Gasteiger partial charge in [0.05, 0.1) is 12.1 Å². The molecule has 3 rings (SSSR count). The van der Waals surface area contributed by atoms with Crippen LogP contribution in [0.15, 0.2) is 40.8 Å². The molecule has 1 aromatic heterocycles. The molecule has 142 valence electrons. The van der Waals surface area contributed by atoms with Gasteiger partial charge in [0, 0.05) is 37.3 Å². The minimum absolute atomic E-state index is 0.0134. The highest BCUT2D eigenvalue weighted by molar-refractivity contribution is 5.49. The largest absolute Gasteiger partial charge is 0.464 e. The number of halogens is 3. The summed E-state index contributed by atoms with van der Waals surface area (Å²) in [5, 5.41) is 0. The van der Waals surface area contributed by atoms with E-state index >= 15 is 0 Å². The third-order valence-corrected chi connectivity index (χ3v) is 4.69. The summed E-state index contributed by atoms with van der Waals surface area (Å²) in [6, 6.07) is 9.60. The van der Waals surface area contributed by atoms with Crippen LogP contribution in [0.25, 0.3) is 0 Å². The van der Waals surface area contributed by atoms with Crippen molar-refractivity contribution in [1.29, 1.82) is 0 Å². The highest BCUT2D eigenvalue weighted by Gasteiger charge is 2.31. The molecule has 0 unspecified atom stereocenters. The molecule has 0 N–H and O–H groups in total. The van der Waals surface area contributed by atoms with E-state index in [0.717, 1.165) is 37.2 Å². The lowest BCUT2D eigenvalue weighted by Crippen LogP contribution is -2.46. The fourth-order valence-electron chi connectivity index (χ4n) is 3.13. The summed E-state index contributed by atoms with van der Waals surface area (Å²) < 4.78 is 44.6. The van der Waals surface area contributed by atoms with Crippen molar-refractivity contribution in [1.82, 2.24) is 4.90 Å². The zero-order valence-corrected chi connectivity index (χ0v) is 15.4. The van der Waals surface area contributed by atoms with E-state index in [1.165, 1.54) is 12.1 Å². The van der Waals surface area contributed by atoms with E-state index in [1.807, 2.05) is 17.0 Å². The van der Waals surface area contributed by atoms with E-state index in [9.17, 15) is 13.2 Å². The third kappa shape index (κ3) is 4.41. The van der Waals surface area contributed by atoms with Crippen LogP contribution in [0.1, 0.15) is 37.9 Å². The summed E-state index contributed by atoms with van der Waals surface area (Å²) >= 11 is 0. The monoisotopic (exact) mass is 366 g/mol. The summed E-state index contributed by atoms with van der Waals surface area (Å²) in [5.74, 6) is 1.90. The average Bonchev–Trinajstić information content (AvgIpc) is 3.04. The number of alkyl halides is 3. The summed E-state index contributed by atoms with van der Waals surface area (Å²) in [5.41, 5.74) is 0.0238. The maximum Gasteiger partial charge on any atom is 0.416 e. The molecule has 0 saturated carbocycles. The summed E-state index contributed by atoms with van der Waals surface area (Å²) in [4.78, 5) is 4.28. The van der Waals surface area contributed by atoms with Gasteiger partial charge in [-0.3, -0.25) is 4.90 Å². The Kier molecular flexibility index (Phi) is 5.06. The number of hydrogen-bond donors (Lipinski definition) is 0. The van der Waals surface area contributed by atoms with E-state index < -0.39 is 11.7 Å². The molecule has 3 nitrogen and oxygen atoms in total. The standard InChI is InChI=1S/C20H25F3N2O/c1-19(2,3)18-8-7-17(26-18)14-24-9-11-25(12-10-24)16-6-4-5-15(13-16)20(21,22)23/h4-8,13H,9-12,14H2,1-3H3. The molecule has 26 heavy (non-hydrogen) atoms. The first-order valence-corrected chi connectivity index (χ1v) is 8.87. The van der Waals surface area contributed by atoms with Crippen LogP contribution >= 0.6 is 0 Å². The minimum Gasteiger partial charge on any atom is -0.464 e. The third-order valence-electron chi connectivity index (χ3n) is 4.69. The molecule has 0 atom stereocenters. The van der Waals surface area contributed by atoms with E-state index in [4.69, 9.17) is 4.42 Å². The van der Waals surface area contributed by atoms with Crippen LogP contribution in [-0.2, 0) is 18.1 Å². The fourth-order valence-corrected chi connectivity index (χ4v) is 3.13. The molecule has 0 aliphatic carbocycles. The molecule has 0 amide bonds. The van der Waals surface area contributed by atoms with Crippen LogP contribution in [0.2, 0.25) is 0 Å². The Labute approximate surface area is 152 Å². The number of piperazine rings is 1. The zero-order chi connectivity index (χ0) is 18.9. The lowest BCUT2D eigenvalue weighted by Gasteiger charge is -2.36. The van der Waals surface area contributed by atoms with Crippen LogP contribution in [-0.4, -0.2) is 31.1 Å². The van der Waals surface area contributed by atoms with Crippen molar-refractivity contribution in [3.63, 3.8) is 0 Å². The maximum atomic E-state index is 12.9. The van der Waals surface area contributed by atoms with Gasteiger partial charge >= 0.3 is 6.18 Å². The molecule has 1 fully saturated rings. The van der Waals surface area contributed by atoms with E-state index in [2.05, 4.69) is 25.7 Å². The first kappa shape index (κ1) is 18.8. The van der Waals surface area contributed by atoms with Crippen molar-refractivity contribution in [2.24, 2.45) is 0 Å². The Morgan fingerprint density at radius 3 is 2.23 bits per heavy atom. The van der Waals surface area contributed by atoms with Gasteiger partial charge in [-0.15, -0.1) is 0 Å². The normalized spacial score (nSPS) is 16.9. The number of furan rings is 1. The van der Waals surface area contributed by atoms with Crippen LogP contribution in [0.3, 0.4) is 0 Å². The van der Waals surface area contributed by atoms with Gasteiger partial charge in [0.1, 0.15) is 11.5 Å². The Balaban J connectivity index is 1.59. The highest BCUT2D eigenvalue weighted by atomic mass is 19.4. The minimum atomic E-state index is -4.30. The SMILES string of the molecule is CC(C)(C)c1ccc(CN2CCN(c3cccc(C(F)(F)F)c3)CC2)o1. The van der Waals surface area contributed by atoms with Gasteiger partial charge in [-0.25, -0.2) is 0 Å². The summed E-state index contributed by atoms with van der Waals surface area (Å²) in [6.45, 7) is 10.1. The first-order valence-electron chi connectivity index (χ1n) is 8.87. The smallest absolute Gasteiger partial charge is 0.416 e. The van der Waals surface area contributed by atoms with Crippen molar-refractivity contribution in [3.05, 3.63) is 53.5 Å². The number of rotatable bonds is 3. The van der Waals surface area contributed by atoms with Crippen molar-refractivity contribution >= 4 is 5.69 Å². The molecule has 6 heteroatoms. The van der Waals surface area contributed by atoms with Crippen molar-refractivity contribution in [3.8, 4) is 0 Å². The topological polar surface area (TPSA) is 19.6 Å². The van der Waals surface area contributed by atoms with Crippen molar-refractivity contribution in [2.75, 3.05) is 31.1 Å². The van der Waals surface area contributed by atoms with Gasteiger partial charge in [-0.1, -0.05) is 26.8 Å². The zero-order valence-electron chi connectivity index (χ0n) is 15.4. The number of hydrogen-bond acceptors (Lipinski definition) is 3. The molecule has 2 aromatic rings. The maximum absolute atomic E-state index is 12.9. The van der Waals surface area contributed by atoms with Crippen LogP contribution in [0, 0.1) is 0 Å². The van der Waals surface area contributed by atoms with E-state index in [1.54, 1.807) is 6.07 Å². The van der Waals surface area contributed by atoms with Crippen molar-refractivity contribution in [2.45, 2.75) is 38.9 Å². The Bertz CT molecular complexity index is 738. The van der Waals surface area contributed by atoms with Crippen LogP contribution in [0.5, 0.6) is 0 Å². The molecule has 0 spiro atoms. The summed E-state index contributed by atoms with van der Waals surface area (Å²) in [6.07, 6.45) is -4.30. The van der Waals surface area contributed by atoms with Gasteiger partial charge in [0.2, 0.25) is 0 Å². The Hall–Kier alpha value is -1.95. The second kappa shape index (κ2) is 6.99. The molecule has 1 saturated heterocycles. The predicted octanol–water partition coefficient (Wildman–Crippen LogP) is 4.92. The number of benzene rings is 1. The highest BCUT2D eigenvalue weighted by Crippen LogP contribution is 2.32. The second-order valence-corrected chi connectivity index (χ2v) is 7.83. The van der Waals surface area contributed by atoms with Gasteiger partial charge in [-0.05, 0) is 30.3 Å². The molecule has 0 radical (unpaired) electrons. The van der Waals surface area contributed by atoms with Gasteiger partial charge in [0.25, 0.3) is 0 Å². The van der Waals surface area contributed by atoms with E-state index in [-0.39, 0.29) is 5.41 Å². The number of nitrogens with zero attached hydrogens (tertiary/aromatic N) is 2. The van der Waals surface area contributed by atoms with Gasteiger partial charge < -0.3 is 9.32 Å². The van der Waals surface area contributed by atoms with Crippen LogP contribution in [0.4, 0.5) is 18.9 Å². The lowest BCUT2D eigenvalue weighted by atomic mass is 9.94. The second-order valence-electron chi connectivity index (χ2n) is 7.83. The lowest BCUT2D eigenvalue weighted by molar-refractivity contribution is -0.137. The summed E-state index contributed by atoms with van der Waals surface area (Å²) in [7, 11) is 0. The molecule has 1 aliphatic heterocycles. The molecule has 1 aromatic carbocycles. The van der Waals surface area contributed by atoms with E-state index in [0.29, 0.717) is 18.8 Å². The fraction of sp³-hybridized carbons (Fsp3) is 0.500. The Morgan fingerprint density at radius 1 is 0.962 bits per heavy atom. The predicted molar refractivity (Wildman–Crippen MR) is 96.3 cm³/mol. The van der Waals surface area contributed by atoms with Gasteiger partial charge in [0.15, 0.2) is 0 Å². The molecule has 1 aliphatic rings. The first-order chi connectivity index (χ1) is 12.1. The average molecular weight is 366 g/mol. The number of anilines is 1. The molecule has 2 heterocycles. The van der Waals surface area contributed by atoms with Gasteiger partial charge in [-0.2, -0.15) is 13.2 Å². The molecule has 0 bridgehead atoms.